The van der Waals surface area contributed by atoms with Crippen molar-refractivity contribution in [3.8, 4) is 0 Å². The zero-order valence-electron chi connectivity index (χ0n) is 15.0. The number of aromatic nitrogens is 2. The third-order valence-corrected chi connectivity index (χ3v) is 5.29. The summed E-state index contributed by atoms with van der Waals surface area (Å²) in [4.78, 5) is 20.5. The van der Waals surface area contributed by atoms with Crippen LogP contribution in [0.4, 0.5) is 11.6 Å². The number of anilines is 1. The summed E-state index contributed by atoms with van der Waals surface area (Å²) in [6.07, 6.45) is 3.68. The van der Waals surface area contributed by atoms with E-state index in [0.29, 0.717) is 18.1 Å². The zero-order valence-corrected chi connectivity index (χ0v) is 15.0. The van der Waals surface area contributed by atoms with E-state index in [2.05, 4.69) is 26.6 Å². The van der Waals surface area contributed by atoms with Crippen molar-refractivity contribution in [2.24, 2.45) is 0 Å². The average molecular weight is 340 g/mol. The molecule has 1 aromatic heterocycles. The van der Waals surface area contributed by atoms with Gasteiger partial charge in [-0.3, -0.25) is 10.1 Å². The summed E-state index contributed by atoms with van der Waals surface area (Å²) in [5.41, 5.74) is 1.05. The van der Waals surface area contributed by atoms with Crippen LogP contribution in [0.15, 0.2) is 18.2 Å². The molecule has 0 spiro atoms. The molecule has 132 valence electrons. The molecule has 3 rings (SSSR count). The molecule has 1 saturated carbocycles. The van der Waals surface area contributed by atoms with E-state index in [-0.39, 0.29) is 17.9 Å². The molecule has 6 heteroatoms. The first-order valence-electron chi connectivity index (χ1n) is 8.71. The Kier molecular flexibility index (Phi) is 4.29. The minimum atomic E-state index is -1.03. The number of imidazole rings is 1. The van der Waals surface area contributed by atoms with Crippen molar-refractivity contribution in [3.63, 3.8) is 0 Å². The largest absolute Gasteiger partial charge is 0.390 e. The maximum atomic E-state index is 12.4. The summed E-state index contributed by atoms with van der Waals surface area (Å²) in [5, 5.41) is 13.0. The van der Waals surface area contributed by atoms with Gasteiger partial charge in [-0.05, 0) is 51.7 Å². The molecule has 0 radical (unpaired) electrons. The highest BCUT2D eigenvalue weighted by atomic mass is 16.3. The van der Waals surface area contributed by atoms with Crippen LogP contribution < -0.4 is 5.32 Å². The molecule has 6 nitrogen and oxygen atoms in total. The lowest BCUT2D eigenvalue weighted by Gasteiger charge is -2.41. The highest BCUT2D eigenvalue weighted by Gasteiger charge is 2.37. The minimum Gasteiger partial charge on any atom is -0.390 e. The molecule has 1 fully saturated rings. The van der Waals surface area contributed by atoms with E-state index < -0.39 is 5.60 Å². The van der Waals surface area contributed by atoms with E-state index in [9.17, 15) is 9.90 Å². The quantitative estimate of drug-likeness (QED) is 0.809. The number of fused-ring (bicyclic) bond motifs is 1. The van der Waals surface area contributed by atoms with Gasteiger partial charge in [-0.2, -0.15) is 0 Å². The molecule has 1 amide bonds. The second-order valence-electron chi connectivity index (χ2n) is 7.48. The third-order valence-electron chi connectivity index (χ3n) is 5.29. The number of nitrogens with zero attached hydrogens (tertiary/aromatic N) is 3. The number of rotatable bonds is 5. The van der Waals surface area contributed by atoms with Gasteiger partial charge < -0.3 is 9.67 Å². The smallest absolute Gasteiger partial charge is 0.229 e. The average Bonchev–Trinajstić information content (AvgIpc) is 2.88. The van der Waals surface area contributed by atoms with Gasteiger partial charge in [0.05, 0.1) is 29.6 Å². The second kappa shape index (κ2) is 6.16. The molecule has 25 heavy (non-hydrogen) atoms. The van der Waals surface area contributed by atoms with Crippen molar-refractivity contribution in [1.82, 2.24) is 9.55 Å². The lowest BCUT2D eigenvalue weighted by atomic mass is 9.78. The summed E-state index contributed by atoms with van der Waals surface area (Å²) in [6, 6.07) is 5.39. The predicted molar refractivity (Wildman–Crippen MR) is 97.7 cm³/mol. The maximum absolute atomic E-state index is 12.4. The van der Waals surface area contributed by atoms with Crippen molar-refractivity contribution >= 4 is 28.6 Å². The van der Waals surface area contributed by atoms with Crippen LogP contribution in [0, 0.1) is 6.57 Å². The maximum Gasteiger partial charge on any atom is 0.229 e. The van der Waals surface area contributed by atoms with E-state index in [0.717, 1.165) is 30.3 Å². The number of carbonyl (C=O) groups excluding carboxylic acids is 1. The zero-order chi connectivity index (χ0) is 18.2. The third kappa shape index (κ3) is 3.24. The molecule has 1 unspecified atom stereocenters. The van der Waals surface area contributed by atoms with Gasteiger partial charge in [0.15, 0.2) is 5.69 Å². The fraction of sp³-hybridized carbons (Fsp3) is 0.526. The standard InChI is InChI=1S/C19H24N4O2/c1-5-19(3,25)12-16(24)22-17-21-14-8-7-13(20-4)11-15(14)23(17)18(2)9-6-10-18/h7-8,11,25H,5-6,9-10,12H2,1-3H3,(H,21,22,24). The van der Waals surface area contributed by atoms with E-state index in [1.807, 2.05) is 19.1 Å². The Balaban J connectivity index is 2.01. The Bertz CT molecular complexity index is 856. The SMILES string of the molecule is [C-]#[N+]c1ccc2nc(NC(=O)CC(C)(O)CC)n(C3(C)CCC3)c2c1. The summed E-state index contributed by atoms with van der Waals surface area (Å²) >= 11 is 0. The van der Waals surface area contributed by atoms with Gasteiger partial charge in [-0.1, -0.05) is 13.0 Å². The van der Waals surface area contributed by atoms with Crippen LogP contribution in [0.25, 0.3) is 15.9 Å². The lowest BCUT2D eigenvalue weighted by molar-refractivity contribution is -0.120. The van der Waals surface area contributed by atoms with Gasteiger partial charge >= 0.3 is 0 Å². The molecule has 2 aromatic rings. The van der Waals surface area contributed by atoms with Gasteiger partial charge in [0.2, 0.25) is 11.9 Å². The summed E-state index contributed by atoms with van der Waals surface area (Å²) < 4.78 is 2.05. The summed E-state index contributed by atoms with van der Waals surface area (Å²) in [5.74, 6) is 0.243. The molecular weight excluding hydrogens is 316 g/mol. The first-order chi connectivity index (χ1) is 11.8. The molecule has 1 aliphatic rings. The van der Waals surface area contributed by atoms with Crippen molar-refractivity contribution < 1.29 is 9.90 Å². The van der Waals surface area contributed by atoms with E-state index in [4.69, 9.17) is 6.57 Å². The van der Waals surface area contributed by atoms with Gasteiger partial charge in [0, 0.05) is 5.54 Å². The minimum absolute atomic E-state index is 0.0245. The second-order valence-corrected chi connectivity index (χ2v) is 7.48. The molecule has 1 heterocycles. The van der Waals surface area contributed by atoms with E-state index >= 15 is 0 Å². The van der Waals surface area contributed by atoms with Gasteiger partial charge in [0.25, 0.3) is 0 Å². The van der Waals surface area contributed by atoms with Crippen LogP contribution in [-0.2, 0) is 10.3 Å². The van der Waals surface area contributed by atoms with Gasteiger partial charge in [-0.25, -0.2) is 9.83 Å². The van der Waals surface area contributed by atoms with Crippen LogP contribution in [0.2, 0.25) is 0 Å². The fourth-order valence-corrected chi connectivity index (χ4v) is 3.32. The molecule has 2 N–H and O–H groups in total. The Morgan fingerprint density at radius 2 is 2.24 bits per heavy atom. The topological polar surface area (TPSA) is 71.5 Å². The van der Waals surface area contributed by atoms with Crippen molar-refractivity contribution in [2.75, 3.05) is 5.32 Å². The van der Waals surface area contributed by atoms with Crippen LogP contribution in [0.3, 0.4) is 0 Å². The van der Waals surface area contributed by atoms with Crippen LogP contribution in [0.1, 0.15) is 52.9 Å². The molecular formula is C19H24N4O2. The first kappa shape index (κ1) is 17.4. The monoisotopic (exact) mass is 340 g/mol. The highest BCUT2D eigenvalue weighted by Crippen LogP contribution is 2.43. The van der Waals surface area contributed by atoms with Crippen molar-refractivity contribution in [3.05, 3.63) is 29.6 Å². The lowest BCUT2D eigenvalue weighted by Crippen LogP contribution is -2.39. The van der Waals surface area contributed by atoms with E-state index in [1.54, 1.807) is 13.0 Å². The highest BCUT2D eigenvalue weighted by molar-refractivity contribution is 5.92. The molecule has 0 aliphatic heterocycles. The Hall–Kier alpha value is -2.39. The number of hydrogen-bond acceptors (Lipinski definition) is 3. The Labute approximate surface area is 147 Å². The van der Waals surface area contributed by atoms with Crippen LogP contribution >= 0.6 is 0 Å². The van der Waals surface area contributed by atoms with Crippen LogP contribution in [-0.4, -0.2) is 26.2 Å². The number of benzene rings is 1. The summed E-state index contributed by atoms with van der Waals surface area (Å²) in [7, 11) is 0. The number of amides is 1. The van der Waals surface area contributed by atoms with Gasteiger partial charge in [0.1, 0.15) is 0 Å². The Morgan fingerprint density at radius 3 is 2.80 bits per heavy atom. The molecule has 1 aliphatic carbocycles. The Morgan fingerprint density at radius 1 is 1.52 bits per heavy atom. The van der Waals surface area contributed by atoms with E-state index in [1.165, 1.54) is 0 Å². The number of carbonyl (C=O) groups is 1. The molecule has 0 bridgehead atoms. The number of hydrogen-bond donors (Lipinski definition) is 2. The number of nitrogens with one attached hydrogen (secondary N) is 1. The van der Waals surface area contributed by atoms with Crippen molar-refractivity contribution in [2.45, 2.75) is 64.0 Å². The van der Waals surface area contributed by atoms with Crippen molar-refractivity contribution in [1.29, 1.82) is 0 Å². The predicted octanol–water partition coefficient (Wildman–Crippen LogP) is 3.98. The molecule has 1 atom stereocenters. The number of aliphatic hydroxyl groups is 1. The fourth-order valence-electron chi connectivity index (χ4n) is 3.32. The van der Waals surface area contributed by atoms with Gasteiger partial charge in [-0.15, -0.1) is 0 Å². The normalized spacial score (nSPS) is 18.2. The summed E-state index contributed by atoms with van der Waals surface area (Å²) in [6.45, 7) is 12.9. The molecule has 1 aromatic carbocycles. The first-order valence-corrected chi connectivity index (χ1v) is 8.71. The molecule has 0 saturated heterocycles. The van der Waals surface area contributed by atoms with Crippen LogP contribution in [0.5, 0.6) is 0 Å².